The number of unbranched alkanes of at least 4 members (excludes halogenated alkanes) is 3. The number of carboxylic acids is 2. The number of aliphatic hydroxyl groups is 2. The Hall–Kier alpha value is -1.40. The fraction of sp³-hybridized carbons (Fsp3) is 0.636. The molecule has 0 rings (SSSR count). The van der Waals surface area contributed by atoms with Gasteiger partial charge in [0.2, 0.25) is 0 Å². The summed E-state index contributed by atoms with van der Waals surface area (Å²) in [5, 5.41) is 32.7. The molecule has 17 heavy (non-hydrogen) atoms. The molecule has 0 saturated carbocycles. The van der Waals surface area contributed by atoms with E-state index in [0.29, 0.717) is 0 Å². The molecule has 0 radical (unpaired) electrons. The zero-order chi connectivity index (χ0) is 13.7. The first-order valence-corrected chi connectivity index (χ1v) is 5.30. The average molecular weight is 248 g/mol. The van der Waals surface area contributed by atoms with Crippen molar-refractivity contribution in [2.45, 2.75) is 32.1 Å². The van der Waals surface area contributed by atoms with Crippen LogP contribution in [-0.4, -0.2) is 45.6 Å². The van der Waals surface area contributed by atoms with Gasteiger partial charge in [0, 0.05) is 18.8 Å². The Morgan fingerprint density at radius 1 is 0.882 bits per heavy atom. The molecule has 0 aromatic carbocycles. The fourth-order valence-corrected chi connectivity index (χ4v) is 0.835. The third-order valence-corrected chi connectivity index (χ3v) is 1.73. The van der Waals surface area contributed by atoms with Crippen LogP contribution in [0.15, 0.2) is 12.2 Å². The molecule has 4 N–H and O–H groups in total. The summed E-state index contributed by atoms with van der Waals surface area (Å²) in [6.07, 6.45) is 3.32. The van der Waals surface area contributed by atoms with Gasteiger partial charge in [0.1, 0.15) is 0 Å². The minimum atomic E-state index is -1.27. The highest BCUT2D eigenvalue weighted by Crippen LogP contribution is 1.96. The molecule has 0 aliphatic heterocycles. The van der Waals surface area contributed by atoms with Gasteiger partial charge in [0.15, 0.2) is 0 Å². The number of carbonyl (C=O) groups is 2. The summed E-state index contributed by atoms with van der Waals surface area (Å²) in [4.78, 5) is 19.7. The largest absolute Gasteiger partial charge is 0.481 e. The Labute approximate surface area is 100 Å². The minimum Gasteiger partial charge on any atom is -0.481 e. The highest BCUT2D eigenvalue weighted by Gasteiger charge is 2.07. The van der Waals surface area contributed by atoms with Gasteiger partial charge in [0.25, 0.3) is 0 Å². The maximum atomic E-state index is 9.87. The summed E-state index contributed by atoms with van der Waals surface area (Å²) in [5.41, 5.74) is -0.303. The van der Waals surface area contributed by atoms with Crippen LogP contribution in [0.5, 0.6) is 0 Å². The van der Waals surface area contributed by atoms with Crippen LogP contribution in [0, 0.1) is 0 Å². The van der Waals surface area contributed by atoms with Crippen LogP contribution in [0.3, 0.4) is 0 Å². The summed E-state index contributed by atoms with van der Waals surface area (Å²) in [6.45, 7) is 3.58. The predicted molar refractivity (Wildman–Crippen MR) is 61.7 cm³/mol. The Bertz CT molecular complexity index is 230. The van der Waals surface area contributed by atoms with Crippen LogP contribution < -0.4 is 0 Å². The van der Waals surface area contributed by atoms with Gasteiger partial charge in [-0.3, -0.25) is 4.79 Å². The van der Waals surface area contributed by atoms with E-state index in [1.807, 2.05) is 0 Å². The molecule has 0 aliphatic rings. The molecule has 0 aliphatic carbocycles. The quantitative estimate of drug-likeness (QED) is 0.370. The van der Waals surface area contributed by atoms with Gasteiger partial charge in [-0.15, -0.1) is 0 Å². The third kappa shape index (κ3) is 17.2. The van der Waals surface area contributed by atoms with E-state index in [-0.39, 0.29) is 18.8 Å². The number of hydrogen-bond acceptors (Lipinski definition) is 4. The highest BCUT2D eigenvalue weighted by molar-refractivity contribution is 5.91. The maximum absolute atomic E-state index is 9.87. The molecule has 6 nitrogen and oxygen atoms in total. The van der Waals surface area contributed by atoms with Crippen molar-refractivity contribution >= 4 is 11.9 Å². The molecule has 0 atom stereocenters. The molecule has 100 valence electrons. The summed E-state index contributed by atoms with van der Waals surface area (Å²) in [5.74, 6) is -2.44. The van der Waals surface area contributed by atoms with E-state index in [4.69, 9.17) is 20.4 Å². The zero-order valence-electron chi connectivity index (χ0n) is 9.76. The van der Waals surface area contributed by atoms with Gasteiger partial charge in [-0.25, -0.2) is 4.79 Å². The zero-order valence-corrected chi connectivity index (χ0v) is 9.76. The number of aliphatic hydroxyl groups excluding tert-OH is 2. The van der Waals surface area contributed by atoms with E-state index < -0.39 is 18.4 Å². The highest BCUT2D eigenvalue weighted by atomic mass is 16.4. The summed E-state index contributed by atoms with van der Waals surface area (Å²) >= 11 is 0. The van der Waals surface area contributed by atoms with Crippen LogP contribution in [0.25, 0.3) is 0 Å². The minimum absolute atomic E-state index is 0.283. The lowest BCUT2D eigenvalue weighted by Crippen LogP contribution is -2.04. The van der Waals surface area contributed by atoms with Crippen LogP contribution in [0.4, 0.5) is 0 Å². The SMILES string of the molecule is C=C(CC(=O)O)C(=O)O.OCCCCCCO. The molecule has 0 unspecified atom stereocenters. The van der Waals surface area contributed by atoms with Crippen LogP contribution in [-0.2, 0) is 9.59 Å². The summed E-state index contributed by atoms with van der Waals surface area (Å²) in [7, 11) is 0. The molecule has 0 fully saturated rings. The molecule has 6 heteroatoms. The van der Waals surface area contributed by atoms with Crippen LogP contribution in [0.1, 0.15) is 32.1 Å². The third-order valence-electron chi connectivity index (χ3n) is 1.73. The lowest BCUT2D eigenvalue weighted by atomic mass is 10.2. The molecular weight excluding hydrogens is 228 g/mol. The van der Waals surface area contributed by atoms with Gasteiger partial charge in [-0.05, 0) is 12.8 Å². The Morgan fingerprint density at radius 3 is 1.47 bits per heavy atom. The van der Waals surface area contributed by atoms with Gasteiger partial charge >= 0.3 is 11.9 Å². The van der Waals surface area contributed by atoms with Crippen molar-refractivity contribution in [2.24, 2.45) is 0 Å². The summed E-state index contributed by atoms with van der Waals surface area (Å²) < 4.78 is 0. The standard InChI is InChI=1S/C6H14O2.C5H6O4/c7-5-3-1-2-4-6-8;1-3(5(8)9)2-4(6)7/h7-8H,1-6H2;1-2H2,(H,6,7)(H,8,9). The molecule has 0 heterocycles. The smallest absolute Gasteiger partial charge is 0.331 e. The van der Waals surface area contributed by atoms with Crippen molar-refractivity contribution in [1.29, 1.82) is 0 Å². The van der Waals surface area contributed by atoms with Gasteiger partial charge in [-0.1, -0.05) is 19.4 Å². The van der Waals surface area contributed by atoms with Gasteiger partial charge in [-0.2, -0.15) is 0 Å². The van der Waals surface area contributed by atoms with E-state index in [1.54, 1.807) is 0 Å². The molecule has 0 bridgehead atoms. The number of aliphatic carboxylic acids is 2. The first-order valence-electron chi connectivity index (χ1n) is 5.30. The van der Waals surface area contributed by atoms with Crippen molar-refractivity contribution < 1.29 is 30.0 Å². The molecule has 0 aromatic heterocycles. The number of carboxylic acid groups (broad SMARTS) is 2. The molecule has 0 amide bonds. The van der Waals surface area contributed by atoms with Crippen LogP contribution >= 0.6 is 0 Å². The van der Waals surface area contributed by atoms with Gasteiger partial charge < -0.3 is 20.4 Å². The monoisotopic (exact) mass is 248 g/mol. The van der Waals surface area contributed by atoms with Crippen LogP contribution in [0.2, 0.25) is 0 Å². The lowest BCUT2D eigenvalue weighted by Gasteiger charge is -1.93. The Kier molecular flexibility index (Phi) is 13.4. The second-order valence-electron chi connectivity index (χ2n) is 3.34. The van der Waals surface area contributed by atoms with E-state index in [2.05, 4.69) is 6.58 Å². The molecule has 0 aromatic rings. The van der Waals surface area contributed by atoms with E-state index in [9.17, 15) is 9.59 Å². The van der Waals surface area contributed by atoms with Crippen molar-refractivity contribution in [3.05, 3.63) is 12.2 Å². The first-order chi connectivity index (χ1) is 7.95. The predicted octanol–water partition coefficient (Wildman–Crippen LogP) is 0.633. The topological polar surface area (TPSA) is 115 Å². The first kappa shape index (κ1) is 18.0. The number of hydrogen-bond donors (Lipinski definition) is 4. The van der Waals surface area contributed by atoms with Crippen molar-refractivity contribution in [3.63, 3.8) is 0 Å². The Balaban J connectivity index is 0. The van der Waals surface area contributed by atoms with Crippen molar-refractivity contribution in [3.8, 4) is 0 Å². The van der Waals surface area contributed by atoms with E-state index >= 15 is 0 Å². The second kappa shape index (κ2) is 12.7. The van der Waals surface area contributed by atoms with E-state index in [0.717, 1.165) is 25.7 Å². The number of rotatable bonds is 8. The Morgan fingerprint density at radius 2 is 1.29 bits per heavy atom. The lowest BCUT2D eigenvalue weighted by molar-refractivity contribution is -0.139. The molecule has 0 saturated heterocycles. The van der Waals surface area contributed by atoms with Gasteiger partial charge in [0.05, 0.1) is 6.42 Å². The molecule has 0 spiro atoms. The second-order valence-corrected chi connectivity index (χ2v) is 3.34. The van der Waals surface area contributed by atoms with Crippen molar-refractivity contribution in [2.75, 3.05) is 13.2 Å². The normalized spacial score (nSPS) is 9.06. The van der Waals surface area contributed by atoms with Crippen molar-refractivity contribution in [1.82, 2.24) is 0 Å². The maximum Gasteiger partial charge on any atom is 0.331 e. The van der Waals surface area contributed by atoms with E-state index in [1.165, 1.54) is 0 Å². The fourth-order valence-electron chi connectivity index (χ4n) is 0.835. The molecular formula is C11H20O6. The summed E-state index contributed by atoms with van der Waals surface area (Å²) in [6, 6.07) is 0. The average Bonchev–Trinajstić information content (AvgIpc) is 2.24.